The van der Waals surface area contributed by atoms with Crippen molar-refractivity contribution >= 4 is 79.4 Å². The minimum atomic E-state index is -1.17. The molecule has 6 N–H and O–H groups in total. The summed E-state index contributed by atoms with van der Waals surface area (Å²) in [5.41, 5.74) is 2.94. The topological polar surface area (TPSA) is 211 Å². The Labute approximate surface area is 446 Å². The van der Waals surface area contributed by atoms with Crippen molar-refractivity contribution in [1.82, 2.24) is 36.8 Å². The number of carbonyl (C=O) groups excluding carboxylic acids is 7. The zero-order chi connectivity index (χ0) is 53.3. The van der Waals surface area contributed by atoms with E-state index in [9.17, 15) is 33.6 Å². The van der Waals surface area contributed by atoms with E-state index in [2.05, 4.69) is 47.8 Å². The molecule has 394 valence electrons. The van der Waals surface area contributed by atoms with Gasteiger partial charge < -0.3 is 51.3 Å². The van der Waals surface area contributed by atoms with Gasteiger partial charge in [0.25, 0.3) is 17.7 Å². The third-order valence-corrected chi connectivity index (χ3v) is 15.3. The van der Waals surface area contributed by atoms with E-state index in [1.54, 1.807) is 64.2 Å². The minimum absolute atomic E-state index is 0.0329. The van der Waals surface area contributed by atoms with Crippen LogP contribution in [-0.2, 0) is 37.1 Å². The molecule has 5 aromatic rings. The Bertz CT molecular complexity index is 2920. The molecule has 18 heteroatoms. The largest absolute Gasteiger partial charge is 0.496 e. The highest BCUT2D eigenvalue weighted by Gasteiger charge is 2.45. The van der Waals surface area contributed by atoms with Crippen molar-refractivity contribution in [2.75, 3.05) is 44.1 Å². The molecule has 6 atom stereocenters. The van der Waals surface area contributed by atoms with Crippen LogP contribution in [0.3, 0.4) is 0 Å². The molecule has 7 amide bonds. The van der Waals surface area contributed by atoms with Gasteiger partial charge in [0.15, 0.2) is 0 Å². The number of likely N-dealkylation sites (tertiary alicyclic amines) is 1. The fourth-order valence-electron chi connectivity index (χ4n) is 10.3. The van der Waals surface area contributed by atoms with Gasteiger partial charge in [-0.3, -0.25) is 33.6 Å². The molecule has 2 aliphatic heterocycles. The third kappa shape index (κ3) is 12.4. The summed E-state index contributed by atoms with van der Waals surface area (Å²) in [7, 11) is 4.89. The van der Waals surface area contributed by atoms with Crippen LogP contribution in [0.1, 0.15) is 84.2 Å². The zero-order valence-electron chi connectivity index (χ0n) is 43.0. The lowest BCUT2D eigenvalue weighted by molar-refractivity contribution is -0.143. The number of ether oxygens (including phenoxy) is 1. The Hall–Kier alpha value is -7.15. The zero-order valence-corrected chi connectivity index (χ0v) is 44.6. The number of rotatable bonds is 17. The van der Waals surface area contributed by atoms with Crippen LogP contribution in [0.25, 0.3) is 10.8 Å². The van der Waals surface area contributed by atoms with Gasteiger partial charge in [-0.2, -0.15) is 0 Å². The molecule has 0 aromatic heterocycles. The molecule has 3 aliphatic rings. The number of halogens is 1. The standard InChI is InChI=1S/C57H66BrN9O8/c1-34(59-3)51(68)63-45-33-67(47-19-13-12-18-46(47)66(56(45)73)32-44-43-26-25-41(58)28-40(43)24-27-49(44)75-5)55(72)39-22-20-38(21-23-39)53(70)62-42-29-48(54(71)61-30-36-14-8-6-9-15-36)65(31-42)57(74)50(37-16-10-7-11-17-37)64-52(69)35(2)60-4/h6,8-9,12-15,18-28,34-35,37,42,45,48,50,59-60H,7,10-11,16-17,29-33H2,1-5H3,(H,61,71)(H,62,70)(H,63,68)(H,64,69)/t34-,35-,42-,45-,48-,50-/m0/s1. The first-order valence-electron chi connectivity index (χ1n) is 25.6. The van der Waals surface area contributed by atoms with Crippen molar-refractivity contribution < 1.29 is 38.3 Å². The van der Waals surface area contributed by atoms with Crippen LogP contribution in [0.4, 0.5) is 11.4 Å². The van der Waals surface area contributed by atoms with Crippen molar-refractivity contribution in [2.24, 2.45) is 5.92 Å². The number of amides is 7. The lowest BCUT2D eigenvalue weighted by Gasteiger charge is -2.35. The molecule has 2 fully saturated rings. The predicted molar refractivity (Wildman–Crippen MR) is 291 cm³/mol. The SMILES string of the molecule is CN[C@@H](C)C(=O)N[C@H]1CN(C(=O)c2ccc(C(=O)N[C@H]3C[C@@H](C(=O)NCc4ccccc4)N(C(=O)[C@@H](NC(=O)[C@H](C)NC)C4CCCCC4)C3)cc2)c2ccccc2N(Cc2c(OC)ccc3cc(Br)ccc23)C1=O. The van der Waals surface area contributed by atoms with E-state index < -0.39 is 59.9 Å². The van der Waals surface area contributed by atoms with Crippen molar-refractivity contribution in [3.63, 3.8) is 0 Å². The fraction of sp³-hybridized carbons (Fsp3) is 0.386. The molecule has 0 radical (unpaired) electrons. The summed E-state index contributed by atoms with van der Waals surface area (Å²) < 4.78 is 6.72. The molecule has 0 unspecified atom stereocenters. The summed E-state index contributed by atoms with van der Waals surface area (Å²) in [6.45, 7) is 3.52. The molecule has 5 aromatic carbocycles. The maximum absolute atomic E-state index is 14.9. The number of fused-ring (bicyclic) bond motifs is 2. The third-order valence-electron chi connectivity index (χ3n) is 14.8. The molecule has 0 bridgehead atoms. The molecule has 2 heterocycles. The number of nitrogens with zero attached hydrogens (tertiary/aromatic N) is 3. The Morgan fingerprint density at radius 3 is 2.11 bits per heavy atom. The Kier molecular flexibility index (Phi) is 17.7. The summed E-state index contributed by atoms with van der Waals surface area (Å²) >= 11 is 3.56. The molecule has 0 spiro atoms. The van der Waals surface area contributed by atoms with Gasteiger partial charge in [-0.05, 0) is 124 Å². The van der Waals surface area contributed by atoms with Gasteiger partial charge in [-0.1, -0.05) is 89.8 Å². The van der Waals surface area contributed by atoms with Gasteiger partial charge in [0.2, 0.25) is 23.6 Å². The second kappa shape index (κ2) is 24.5. The maximum atomic E-state index is 14.9. The van der Waals surface area contributed by atoms with Crippen LogP contribution in [0.5, 0.6) is 5.75 Å². The van der Waals surface area contributed by atoms with Gasteiger partial charge in [-0.25, -0.2) is 0 Å². The Balaban J connectivity index is 1.04. The van der Waals surface area contributed by atoms with E-state index in [0.29, 0.717) is 17.1 Å². The molecular weight excluding hydrogens is 1020 g/mol. The molecule has 1 saturated carbocycles. The normalized spacial score (nSPS) is 19.0. The van der Waals surface area contributed by atoms with E-state index in [1.165, 1.54) is 34.1 Å². The smallest absolute Gasteiger partial charge is 0.258 e. The first kappa shape index (κ1) is 54.1. The van der Waals surface area contributed by atoms with Gasteiger partial charge in [0, 0.05) is 40.3 Å². The van der Waals surface area contributed by atoms with E-state index >= 15 is 0 Å². The number of hydrogen-bond acceptors (Lipinski definition) is 10. The minimum Gasteiger partial charge on any atom is -0.496 e. The molecular formula is C57H66BrN9O8. The molecule has 75 heavy (non-hydrogen) atoms. The summed E-state index contributed by atoms with van der Waals surface area (Å²) in [5, 5.41) is 19.6. The number of methoxy groups -OCH3 is 1. The van der Waals surface area contributed by atoms with Crippen molar-refractivity contribution in [3.8, 4) is 5.75 Å². The number of hydrogen-bond donors (Lipinski definition) is 6. The van der Waals surface area contributed by atoms with Crippen molar-refractivity contribution in [1.29, 1.82) is 0 Å². The monoisotopic (exact) mass is 1080 g/mol. The number of likely N-dealkylation sites (N-methyl/N-ethyl adjacent to an activating group) is 2. The first-order valence-corrected chi connectivity index (χ1v) is 26.4. The van der Waals surface area contributed by atoms with Gasteiger partial charge >= 0.3 is 0 Å². The summed E-state index contributed by atoms with van der Waals surface area (Å²) in [6.07, 6.45) is 4.55. The Morgan fingerprint density at radius 2 is 1.41 bits per heavy atom. The van der Waals surface area contributed by atoms with Gasteiger partial charge in [-0.15, -0.1) is 0 Å². The Morgan fingerprint density at radius 1 is 0.747 bits per heavy atom. The number of benzene rings is 5. The fourth-order valence-corrected chi connectivity index (χ4v) is 10.7. The van der Waals surface area contributed by atoms with E-state index in [4.69, 9.17) is 4.74 Å². The van der Waals surface area contributed by atoms with E-state index in [-0.39, 0.29) is 67.4 Å². The number of nitrogens with one attached hydrogen (secondary N) is 6. The first-order chi connectivity index (χ1) is 36.2. The van der Waals surface area contributed by atoms with Crippen molar-refractivity contribution in [3.05, 3.63) is 136 Å². The highest BCUT2D eigenvalue weighted by Crippen LogP contribution is 2.38. The molecule has 1 aliphatic carbocycles. The predicted octanol–water partition coefficient (Wildman–Crippen LogP) is 5.59. The van der Waals surface area contributed by atoms with Crippen LogP contribution in [0.2, 0.25) is 0 Å². The number of carbonyl (C=O) groups is 7. The number of anilines is 2. The van der Waals surface area contributed by atoms with Crippen LogP contribution in [-0.4, -0.2) is 117 Å². The molecule has 1 saturated heterocycles. The van der Waals surface area contributed by atoms with Crippen LogP contribution in [0.15, 0.2) is 114 Å². The lowest BCUT2D eigenvalue weighted by atomic mass is 9.83. The summed E-state index contributed by atoms with van der Waals surface area (Å²) in [6, 6.07) is 27.5. The summed E-state index contributed by atoms with van der Waals surface area (Å²) in [4.78, 5) is 104. The maximum Gasteiger partial charge on any atom is 0.258 e. The van der Waals surface area contributed by atoms with Crippen LogP contribution < -0.4 is 46.4 Å². The molecule has 17 nitrogen and oxygen atoms in total. The lowest BCUT2D eigenvalue weighted by Crippen LogP contribution is -2.58. The average molecular weight is 1090 g/mol. The quantitative estimate of drug-likeness (QED) is 0.0681. The summed E-state index contributed by atoms with van der Waals surface area (Å²) in [5.74, 6) is -2.41. The van der Waals surface area contributed by atoms with Gasteiger partial charge in [0.05, 0.1) is 43.7 Å². The van der Waals surface area contributed by atoms with Gasteiger partial charge in [0.1, 0.15) is 23.9 Å². The van der Waals surface area contributed by atoms with Crippen LogP contribution >= 0.6 is 15.9 Å². The van der Waals surface area contributed by atoms with Crippen LogP contribution in [0, 0.1) is 5.92 Å². The average Bonchev–Trinajstić information content (AvgIpc) is 3.83. The highest BCUT2D eigenvalue weighted by atomic mass is 79.9. The van der Waals surface area contributed by atoms with Crippen molar-refractivity contribution in [2.45, 2.75) is 102 Å². The van der Waals surface area contributed by atoms with E-state index in [1.807, 2.05) is 60.7 Å². The second-order valence-corrected chi connectivity index (χ2v) is 20.5. The number of para-hydroxylation sites is 2. The second-order valence-electron chi connectivity index (χ2n) is 19.6. The van der Waals surface area contributed by atoms with E-state index in [0.717, 1.165) is 58.5 Å². The molecule has 8 rings (SSSR count). The highest BCUT2D eigenvalue weighted by molar-refractivity contribution is 9.10.